The SMILES string of the molecule is CCOC(=O)[C@@H](C)n1c(=S)[nH]c2c1c(=O)[nH]c(=O)n2C. The van der Waals surface area contributed by atoms with Gasteiger partial charge in [0.05, 0.1) is 6.61 Å². The zero-order valence-corrected chi connectivity index (χ0v) is 12.0. The van der Waals surface area contributed by atoms with E-state index in [0.29, 0.717) is 0 Å². The Bertz CT molecular complexity index is 841. The summed E-state index contributed by atoms with van der Waals surface area (Å²) in [6, 6.07) is -0.769. The Morgan fingerprint density at radius 1 is 1.40 bits per heavy atom. The minimum absolute atomic E-state index is 0.137. The van der Waals surface area contributed by atoms with Gasteiger partial charge in [-0.15, -0.1) is 0 Å². The van der Waals surface area contributed by atoms with Gasteiger partial charge in [0.15, 0.2) is 10.3 Å². The minimum Gasteiger partial charge on any atom is -0.464 e. The maximum absolute atomic E-state index is 12.0. The van der Waals surface area contributed by atoms with Gasteiger partial charge >= 0.3 is 11.7 Å². The highest BCUT2D eigenvalue weighted by atomic mass is 32.1. The molecule has 9 heteroatoms. The number of aromatic nitrogens is 4. The molecule has 0 unspecified atom stereocenters. The first-order chi connectivity index (χ1) is 9.38. The summed E-state index contributed by atoms with van der Waals surface area (Å²) < 4.78 is 7.67. The van der Waals surface area contributed by atoms with Gasteiger partial charge < -0.3 is 9.72 Å². The number of fused-ring (bicyclic) bond motifs is 1. The number of hydrogen-bond acceptors (Lipinski definition) is 5. The van der Waals surface area contributed by atoms with Gasteiger partial charge in [0, 0.05) is 7.05 Å². The van der Waals surface area contributed by atoms with Crippen LogP contribution in [0.3, 0.4) is 0 Å². The smallest absolute Gasteiger partial charge is 0.329 e. The predicted molar refractivity (Wildman–Crippen MR) is 74.3 cm³/mol. The molecular weight excluding hydrogens is 284 g/mol. The number of H-pyrrole nitrogens is 2. The first-order valence-electron chi connectivity index (χ1n) is 5.98. The number of hydrogen-bond donors (Lipinski definition) is 2. The molecule has 1 atom stereocenters. The summed E-state index contributed by atoms with van der Waals surface area (Å²) in [5.74, 6) is -0.502. The fraction of sp³-hybridized carbons (Fsp3) is 0.455. The van der Waals surface area contributed by atoms with Crippen molar-refractivity contribution in [2.24, 2.45) is 7.05 Å². The van der Waals surface area contributed by atoms with Gasteiger partial charge in [-0.1, -0.05) is 0 Å². The molecule has 8 nitrogen and oxygen atoms in total. The van der Waals surface area contributed by atoms with Crippen LogP contribution in [0.15, 0.2) is 9.59 Å². The molecule has 20 heavy (non-hydrogen) atoms. The molecule has 2 aromatic heterocycles. The second-order valence-corrected chi connectivity index (χ2v) is 4.63. The van der Waals surface area contributed by atoms with Gasteiger partial charge in [-0.05, 0) is 26.1 Å². The number of nitrogens with one attached hydrogen (secondary N) is 2. The Hall–Kier alpha value is -2.16. The van der Waals surface area contributed by atoms with E-state index >= 15 is 0 Å². The predicted octanol–water partition coefficient (Wildman–Crippen LogP) is 0.210. The Morgan fingerprint density at radius 2 is 2.05 bits per heavy atom. The van der Waals surface area contributed by atoms with E-state index in [9.17, 15) is 14.4 Å². The van der Waals surface area contributed by atoms with E-state index in [1.807, 2.05) is 0 Å². The van der Waals surface area contributed by atoms with Gasteiger partial charge in [0.1, 0.15) is 11.7 Å². The van der Waals surface area contributed by atoms with Crippen molar-refractivity contribution < 1.29 is 9.53 Å². The summed E-state index contributed by atoms with van der Waals surface area (Å²) >= 11 is 5.13. The number of carbonyl (C=O) groups is 1. The van der Waals surface area contributed by atoms with E-state index in [1.165, 1.54) is 16.2 Å². The summed E-state index contributed by atoms with van der Waals surface area (Å²) in [5.41, 5.74) is -0.765. The summed E-state index contributed by atoms with van der Waals surface area (Å²) in [5, 5.41) is 0. The van der Waals surface area contributed by atoms with Crippen LogP contribution < -0.4 is 11.2 Å². The van der Waals surface area contributed by atoms with Crippen molar-refractivity contribution in [2.75, 3.05) is 6.61 Å². The van der Waals surface area contributed by atoms with Gasteiger partial charge in [-0.2, -0.15) is 0 Å². The summed E-state index contributed by atoms with van der Waals surface area (Å²) in [4.78, 5) is 40.3. The number of aromatic amines is 2. The lowest BCUT2D eigenvalue weighted by atomic mass is 10.3. The third-order valence-electron chi connectivity index (χ3n) is 3.00. The van der Waals surface area contributed by atoms with Crippen LogP contribution in [0.5, 0.6) is 0 Å². The number of rotatable bonds is 3. The molecule has 0 bridgehead atoms. The fourth-order valence-corrected chi connectivity index (χ4v) is 2.32. The third kappa shape index (κ3) is 2.09. The molecule has 0 aliphatic heterocycles. The van der Waals surface area contributed by atoms with Crippen LogP contribution in [0.25, 0.3) is 11.2 Å². The molecule has 0 spiro atoms. The summed E-state index contributed by atoms with van der Waals surface area (Å²) in [7, 11) is 1.49. The molecule has 0 saturated carbocycles. The van der Waals surface area contributed by atoms with E-state index < -0.39 is 23.3 Å². The molecule has 0 amide bonds. The molecule has 2 rings (SSSR count). The molecule has 0 saturated heterocycles. The zero-order valence-electron chi connectivity index (χ0n) is 11.2. The first kappa shape index (κ1) is 14.3. The maximum atomic E-state index is 12.0. The van der Waals surface area contributed by atoms with Crippen LogP contribution in [0.4, 0.5) is 0 Å². The molecule has 108 valence electrons. The number of carbonyl (C=O) groups excluding carboxylic acids is 1. The quantitative estimate of drug-likeness (QED) is 0.623. The lowest BCUT2D eigenvalue weighted by Gasteiger charge is -2.12. The highest BCUT2D eigenvalue weighted by Crippen LogP contribution is 2.15. The molecule has 2 aromatic rings. The third-order valence-corrected chi connectivity index (χ3v) is 3.30. The second-order valence-electron chi connectivity index (χ2n) is 4.24. The lowest BCUT2D eigenvalue weighted by molar-refractivity contribution is -0.146. The molecule has 0 aliphatic carbocycles. The van der Waals surface area contributed by atoms with Crippen LogP contribution in [-0.2, 0) is 16.6 Å². The van der Waals surface area contributed by atoms with Crippen molar-refractivity contribution in [3.05, 3.63) is 25.6 Å². The van der Waals surface area contributed by atoms with E-state index in [4.69, 9.17) is 17.0 Å². The van der Waals surface area contributed by atoms with Crippen LogP contribution in [-0.4, -0.2) is 31.7 Å². The Morgan fingerprint density at radius 3 is 2.65 bits per heavy atom. The zero-order chi connectivity index (χ0) is 15.0. The average Bonchev–Trinajstić information content (AvgIpc) is 2.73. The first-order valence-corrected chi connectivity index (χ1v) is 6.39. The number of aryl methyl sites for hydroxylation is 1. The van der Waals surface area contributed by atoms with E-state index in [-0.39, 0.29) is 22.5 Å². The molecule has 2 heterocycles. The summed E-state index contributed by atoms with van der Waals surface area (Å²) in [6.07, 6.45) is 0. The van der Waals surface area contributed by atoms with Crippen LogP contribution in [0, 0.1) is 4.77 Å². The van der Waals surface area contributed by atoms with E-state index in [2.05, 4.69) is 9.97 Å². The average molecular weight is 298 g/mol. The largest absolute Gasteiger partial charge is 0.464 e. The lowest BCUT2D eigenvalue weighted by Crippen LogP contribution is -2.30. The number of nitrogens with zero attached hydrogens (tertiary/aromatic N) is 2. The molecule has 2 N–H and O–H groups in total. The summed E-state index contributed by atoms with van der Waals surface area (Å²) in [6.45, 7) is 3.49. The van der Waals surface area contributed by atoms with Gasteiger partial charge in [-0.3, -0.25) is 18.9 Å². The molecular formula is C11H14N4O4S. The van der Waals surface area contributed by atoms with Crippen LogP contribution in [0.2, 0.25) is 0 Å². The highest BCUT2D eigenvalue weighted by molar-refractivity contribution is 7.71. The molecule has 0 aromatic carbocycles. The van der Waals surface area contributed by atoms with Crippen molar-refractivity contribution in [1.82, 2.24) is 19.1 Å². The normalized spacial score (nSPS) is 12.6. The van der Waals surface area contributed by atoms with Crippen molar-refractivity contribution in [2.45, 2.75) is 19.9 Å². The van der Waals surface area contributed by atoms with E-state index in [1.54, 1.807) is 13.8 Å². The number of ether oxygens (including phenoxy) is 1. The number of esters is 1. The van der Waals surface area contributed by atoms with Crippen LogP contribution in [0.1, 0.15) is 19.9 Å². The second kappa shape index (κ2) is 5.08. The van der Waals surface area contributed by atoms with Crippen LogP contribution >= 0.6 is 12.2 Å². The Kier molecular flexibility index (Phi) is 3.62. The topological polar surface area (TPSA) is 102 Å². The standard InChI is InChI=1S/C11H14N4O4S/c1-4-19-9(17)5(2)15-6-7(12-11(15)20)14(3)10(18)13-8(6)16/h5H,4H2,1-3H3,(H,12,20)(H,13,16,18)/t5-/m1/s1. The Balaban J connectivity index is 2.79. The minimum atomic E-state index is -0.769. The van der Waals surface area contributed by atoms with Crippen molar-refractivity contribution in [1.29, 1.82) is 0 Å². The van der Waals surface area contributed by atoms with Crippen molar-refractivity contribution in [3.8, 4) is 0 Å². The molecule has 0 radical (unpaired) electrons. The van der Waals surface area contributed by atoms with Gasteiger partial charge in [0.25, 0.3) is 5.56 Å². The molecule has 0 aliphatic rings. The van der Waals surface area contributed by atoms with Crippen molar-refractivity contribution in [3.63, 3.8) is 0 Å². The molecule has 0 fully saturated rings. The van der Waals surface area contributed by atoms with Gasteiger partial charge in [-0.25, -0.2) is 9.59 Å². The van der Waals surface area contributed by atoms with E-state index in [0.717, 1.165) is 0 Å². The highest BCUT2D eigenvalue weighted by Gasteiger charge is 2.22. The maximum Gasteiger partial charge on any atom is 0.329 e. The van der Waals surface area contributed by atoms with Gasteiger partial charge in [0.2, 0.25) is 0 Å². The number of imidazole rings is 1. The Labute approximate surface area is 118 Å². The fourth-order valence-electron chi connectivity index (χ4n) is 1.98. The van der Waals surface area contributed by atoms with Crippen molar-refractivity contribution >= 4 is 29.4 Å². The monoisotopic (exact) mass is 298 g/mol.